The zero-order valence-corrected chi connectivity index (χ0v) is 15.0. The summed E-state index contributed by atoms with van der Waals surface area (Å²) in [6.45, 7) is 4.02. The molecule has 1 aromatic heterocycles. The van der Waals surface area contributed by atoms with E-state index in [1.165, 1.54) is 44.7 Å². The van der Waals surface area contributed by atoms with E-state index >= 15 is 0 Å². The highest BCUT2D eigenvalue weighted by Gasteiger charge is 2.14. The number of nitrogens with zero attached hydrogens (tertiary/aromatic N) is 2. The number of carbonyl (C=O) groups excluding carboxylic acids is 1. The van der Waals surface area contributed by atoms with E-state index < -0.39 is 0 Å². The lowest BCUT2D eigenvalue weighted by molar-refractivity contribution is 0.102. The van der Waals surface area contributed by atoms with Gasteiger partial charge < -0.3 is 10.6 Å². The van der Waals surface area contributed by atoms with Gasteiger partial charge in [0.25, 0.3) is 5.91 Å². The third-order valence-corrected chi connectivity index (χ3v) is 4.57. The zero-order chi connectivity index (χ0) is 17.6. The first-order chi connectivity index (χ1) is 12.1. The maximum Gasteiger partial charge on any atom is 0.275 e. The van der Waals surface area contributed by atoms with Crippen LogP contribution in [0.1, 0.15) is 60.1 Å². The molecule has 2 aromatic rings. The van der Waals surface area contributed by atoms with Gasteiger partial charge in [-0.2, -0.15) is 0 Å². The van der Waals surface area contributed by atoms with Gasteiger partial charge in [0, 0.05) is 11.7 Å². The maximum atomic E-state index is 12.3. The average Bonchev–Trinajstić information content (AvgIpc) is 2.83. The molecule has 5 nitrogen and oxygen atoms in total. The number of rotatable bonds is 4. The molecular formula is C20H26N4O. The Morgan fingerprint density at radius 1 is 0.960 bits per heavy atom. The van der Waals surface area contributed by atoms with Crippen molar-refractivity contribution >= 4 is 17.4 Å². The summed E-state index contributed by atoms with van der Waals surface area (Å²) in [4.78, 5) is 21.0. The highest BCUT2D eigenvalue weighted by atomic mass is 16.1. The van der Waals surface area contributed by atoms with Crippen LogP contribution in [0.4, 0.5) is 11.5 Å². The minimum Gasteiger partial charge on any atom is -0.366 e. The first kappa shape index (κ1) is 17.4. The van der Waals surface area contributed by atoms with Crippen LogP contribution < -0.4 is 10.6 Å². The van der Waals surface area contributed by atoms with E-state index in [-0.39, 0.29) is 5.91 Å². The summed E-state index contributed by atoms with van der Waals surface area (Å²) in [6, 6.07) is 6.43. The van der Waals surface area contributed by atoms with Gasteiger partial charge in [0.05, 0.1) is 12.4 Å². The predicted octanol–water partition coefficient (Wildman–Crippen LogP) is 4.48. The van der Waals surface area contributed by atoms with Crippen molar-refractivity contribution in [2.45, 2.75) is 58.4 Å². The van der Waals surface area contributed by atoms with Crippen LogP contribution >= 0.6 is 0 Å². The van der Waals surface area contributed by atoms with Gasteiger partial charge in [-0.05, 0) is 49.9 Å². The molecule has 0 unspecified atom stereocenters. The first-order valence-electron chi connectivity index (χ1n) is 9.08. The molecule has 0 saturated heterocycles. The van der Waals surface area contributed by atoms with E-state index in [2.05, 4.69) is 26.7 Å². The van der Waals surface area contributed by atoms with E-state index in [0.29, 0.717) is 11.7 Å². The molecule has 0 spiro atoms. The summed E-state index contributed by atoms with van der Waals surface area (Å²) < 4.78 is 0. The number of amides is 1. The van der Waals surface area contributed by atoms with Crippen molar-refractivity contribution in [2.75, 3.05) is 10.6 Å². The molecule has 3 rings (SSSR count). The van der Waals surface area contributed by atoms with E-state index in [9.17, 15) is 4.79 Å². The Kier molecular flexibility index (Phi) is 5.64. The molecule has 132 valence electrons. The summed E-state index contributed by atoms with van der Waals surface area (Å²) in [7, 11) is 0. The SMILES string of the molecule is Cc1cc(C)cc(NC(=O)c2cnc(NC3CCCCCC3)cn2)c1. The quantitative estimate of drug-likeness (QED) is 0.807. The molecule has 0 radical (unpaired) electrons. The van der Waals surface area contributed by atoms with E-state index in [1.807, 2.05) is 26.0 Å². The highest BCUT2D eigenvalue weighted by Crippen LogP contribution is 2.20. The molecular weight excluding hydrogens is 312 g/mol. The molecule has 2 N–H and O–H groups in total. The smallest absolute Gasteiger partial charge is 0.275 e. The van der Waals surface area contributed by atoms with Crippen LogP contribution in [0.3, 0.4) is 0 Å². The van der Waals surface area contributed by atoms with Gasteiger partial charge in [0.15, 0.2) is 0 Å². The lowest BCUT2D eigenvalue weighted by atomic mass is 10.1. The van der Waals surface area contributed by atoms with Crippen molar-refractivity contribution < 1.29 is 4.79 Å². The molecule has 1 heterocycles. The molecule has 1 saturated carbocycles. The highest BCUT2D eigenvalue weighted by molar-refractivity contribution is 6.02. The zero-order valence-electron chi connectivity index (χ0n) is 15.0. The van der Waals surface area contributed by atoms with Crippen LogP contribution in [0.25, 0.3) is 0 Å². The van der Waals surface area contributed by atoms with Crippen molar-refractivity contribution in [1.29, 1.82) is 0 Å². The Labute approximate surface area is 149 Å². The summed E-state index contributed by atoms with van der Waals surface area (Å²) in [5, 5.41) is 6.33. The van der Waals surface area contributed by atoms with Gasteiger partial charge in [-0.3, -0.25) is 4.79 Å². The van der Waals surface area contributed by atoms with Gasteiger partial charge in [-0.1, -0.05) is 31.7 Å². The van der Waals surface area contributed by atoms with Crippen LogP contribution in [0.15, 0.2) is 30.6 Å². The number of anilines is 2. The Morgan fingerprint density at radius 3 is 2.24 bits per heavy atom. The second-order valence-corrected chi connectivity index (χ2v) is 6.95. The number of nitrogens with one attached hydrogen (secondary N) is 2. The fourth-order valence-electron chi connectivity index (χ4n) is 3.39. The minimum absolute atomic E-state index is 0.237. The number of aromatic nitrogens is 2. The van der Waals surface area contributed by atoms with Crippen LogP contribution in [-0.2, 0) is 0 Å². The number of hydrogen-bond acceptors (Lipinski definition) is 4. The Hall–Kier alpha value is -2.43. The molecule has 0 aliphatic heterocycles. The summed E-state index contributed by atoms with van der Waals surface area (Å²) in [6.07, 6.45) is 10.7. The summed E-state index contributed by atoms with van der Waals surface area (Å²) in [5.74, 6) is 0.508. The molecule has 0 atom stereocenters. The normalized spacial score (nSPS) is 15.4. The Balaban J connectivity index is 1.61. The van der Waals surface area contributed by atoms with Gasteiger partial charge in [0.1, 0.15) is 11.5 Å². The molecule has 1 aromatic carbocycles. The van der Waals surface area contributed by atoms with Crippen LogP contribution in [0.2, 0.25) is 0 Å². The van der Waals surface area contributed by atoms with Gasteiger partial charge in [0.2, 0.25) is 0 Å². The van der Waals surface area contributed by atoms with Crippen molar-refractivity contribution in [2.24, 2.45) is 0 Å². The molecule has 1 fully saturated rings. The second-order valence-electron chi connectivity index (χ2n) is 6.95. The van der Waals surface area contributed by atoms with Crippen LogP contribution in [-0.4, -0.2) is 21.9 Å². The largest absolute Gasteiger partial charge is 0.366 e. The van der Waals surface area contributed by atoms with Gasteiger partial charge in [-0.25, -0.2) is 9.97 Å². The van der Waals surface area contributed by atoms with Crippen molar-refractivity contribution in [3.05, 3.63) is 47.4 Å². The fourth-order valence-corrected chi connectivity index (χ4v) is 3.39. The standard InChI is InChI=1S/C20H26N4O/c1-14-9-15(2)11-17(10-14)24-20(25)18-12-22-19(13-21-18)23-16-7-5-3-4-6-8-16/h9-13,16H,3-8H2,1-2H3,(H,22,23)(H,24,25). The van der Waals surface area contributed by atoms with Gasteiger partial charge >= 0.3 is 0 Å². The topological polar surface area (TPSA) is 66.9 Å². The molecule has 0 bridgehead atoms. The molecule has 5 heteroatoms. The number of aryl methyl sites for hydroxylation is 2. The van der Waals surface area contributed by atoms with Crippen molar-refractivity contribution in [1.82, 2.24) is 9.97 Å². The van der Waals surface area contributed by atoms with Crippen LogP contribution in [0, 0.1) is 13.8 Å². The lowest BCUT2D eigenvalue weighted by Gasteiger charge is -2.16. The molecule has 1 amide bonds. The van der Waals surface area contributed by atoms with E-state index in [1.54, 1.807) is 6.20 Å². The monoisotopic (exact) mass is 338 g/mol. The summed E-state index contributed by atoms with van der Waals surface area (Å²) in [5.41, 5.74) is 3.34. The van der Waals surface area contributed by atoms with E-state index in [0.717, 1.165) is 22.6 Å². The van der Waals surface area contributed by atoms with Crippen molar-refractivity contribution in [3.63, 3.8) is 0 Å². The Bertz CT molecular complexity index is 699. The fraction of sp³-hybridized carbons (Fsp3) is 0.450. The van der Waals surface area contributed by atoms with Gasteiger partial charge in [-0.15, -0.1) is 0 Å². The predicted molar refractivity (Wildman–Crippen MR) is 101 cm³/mol. The Morgan fingerprint density at radius 2 is 1.64 bits per heavy atom. The first-order valence-corrected chi connectivity index (χ1v) is 9.08. The van der Waals surface area contributed by atoms with Crippen molar-refractivity contribution in [3.8, 4) is 0 Å². The second kappa shape index (κ2) is 8.10. The summed E-state index contributed by atoms with van der Waals surface area (Å²) >= 11 is 0. The van der Waals surface area contributed by atoms with E-state index in [4.69, 9.17) is 0 Å². The number of hydrogen-bond donors (Lipinski definition) is 2. The van der Waals surface area contributed by atoms with Crippen LogP contribution in [0.5, 0.6) is 0 Å². The molecule has 25 heavy (non-hydrogen) atoms. The average molecular weight is 338 g/mol. The minimum atomic E-state index is -0.237. The lowest BCUT2D eigenvalue weighted by Crippen LogP contribution is -2.20. The molecule has 1 aliphatic carbocycles. The maximum absolute atomic E-state index is 12.3. The molecule has 1 aliphatic rings. The third kappa shape index (κ3) is 5.02. The third-order valence-electron chi connectivity index (χ3n) is 4.57. The number of carbonyl (C=O) groups is 1. The number of benzene rings is 1.